The molecule has 0 amide bonds. The summed E-state index contributed by atoms with van der Waals surface area (Å²) in [5.41, 5.74) is 0.162. The zero-order chi connectivity index (χ0) is 8.43. The van der Waals surface area contributed by atoms with Crippen molar-refractivity contribution in [1.82, 2.24) is 4.98 Å². The molecule has 0 aliphatic carbocycles. The van der Waals surface area contributed by atoms with Crippen LogP contribution in [0.4, 0.5) is 0 Å². The Kier molecular flexibility index (Phi) is 2.29. The lowest BCUT2D eigenvalue weighted by atomic mass is 9.79. The summed E-state index contributed by atoms with van der Waals surface area (Å²) in [5.74, 6) is -0.956. The lowest BCUT2D eigenvalue weighted by molar-refractivity contribution is 0.0692. The smallest absolute Gasteiger partial charge is 0.354 e. The Labute approximate surface area is 69.3 Å². The second-order valence-corrected chi connectivity index (χ2v) is 3.27. The number of hydrogen-bond donors (Lipinski definition) is 1. The molecule has 0 aliphatic rings. The van der Waals surface area contributed by atoms with Crippen molar-refractivity contribution in [2.45, 2.75) is 13.7 Å². The lowest BCUT2D eigenvalue weighted by Crippen LogP contribution is -2.16. The molecule has 0 fully saturated rings. The molecule has 0 bridgehead atoms. The third-order valence-electron chi connectivity index (χ3n) is 1.23. The van der Waals surface area contributed by atoms with Gasteiger partial charge < -0.3 is 5.11 Å². The molecule has 0 aliphatic heterocycles. The molecule has 1 aromatic rings. The molecule has 5 heteroatoms. The number of carbonyl (C=O) groups is 1. The van der Waals surface area contributed by atoms with E-state index in [0.29, 0.717) is 0 Å². The minimum atomic E-state index is -0.956. The van der Waals surface area contributed by atoms with Gasteiger partial charge in [0.05, 0.1) is 5.01 Å². The van der Waals surface area contributed by atoms with E-state index in [4.69, 9.17) is 5.11 Å². The van der Waals surface area contributed by atoms with Crippen LogP contribution in [0.5, 0.6) is 0 Å². The van der Waals surface area contributed by atoms with Crippen molar-refractivity contribution in [3.63, 3.8) is 0 Å². The standard InChI is InChI=1S/C6H7BNO2S/c1-3-8-4(6(9)10)5(7-2)11-3/h1-2H3,(H,9,10). The summed E-state index contributed by atoms with van der Waals surface area (Å²) in [6, 6.07) is 0. The van der Waals surface area contributed by atoms with E-state index in [9.17, 15) is 4.79 Å². The predicted octanol–water partition coefficient (Wildman–Crippen LogP) is 0.527. The lowest BCUT2D eigenvalue weighted by Gasteiger charge is -1.88. The molecule has 1 aromatic heterocycles. The van der Waals surface area contributed by atoms with Gasteiger partial charge in [-0.25, -0.2) is 9.78 Å². The van der Waals surface area contributed by atoms with Crippen LogP contribution in [0.2, 0.25) is 6.82 Å². The Hall–Kier alpha value is -0.835. The summed E-state index contributed by atoms with van der Waals surface area (Å²) in [4.78, 5) is 14.4. The number of hydrogen-bond acceptors (Lipinski definition) is 3. The van der Waals surface area contributed by atoms with Crippen LogP contribution in [0.25, 0.3) is 0 Å². The topological polar surface area (TPSA) is 50.2 Å². The van der Waals surface area contributed by atoms with Gasteiger partial charge in [0.2, 0.25) is 0 Å². The third kappa shape index (κ3) is 1.60. The molecular weight excluding hydrogens is 161 g/mol. The highest BCUT2D eigenvalue weighted by molar-refractivity contribution is 7.21. The number of aromatic carboxylic acids is 1. The van der Waals surface area contributed by atoms with E-state index in [0.717, 1.165) is 9.78 Å². The van der Waals surface area contributed by atoms with Crippen LogP contribution in [-0.2, 0) is 0 Å². The van der Waals surface area contributed by atoms with Crippen LogP contribution in [0.1, 0.15) is 15.5 Å². The minimum Gasteiger partial charge on any atom is -0.477 e. The zero-order valence-corrected chi connectivity index (χ0v) is 7.10. The van der Waals surface area contributed by atoms with Gasteiger partial charge >= 0.3 is 5.97 Å². The van der Waals surface area contributed by atoms with E-state index in [-0.39, 0.29) is 5.69 Å². The normalized spacial score (nSPS) is 9.64. The van der Waals surface area contributed by atoms with E-state index in [1.807, 2.05) is 0 Å². The summed E-state index contributed by atoms with van der Waals surface area (Å²) in [7, 11) is 1.76. The van der Waals surface area contributed by atoms with Crippen molar-refractivity contribution in [2.75, 3.05) is 0 Å². The summed E-state index contributed by atoms with van der Waals surface area (Å²) in [6.07, 6.45) is 0. The largest absolute Gasteiger partial charge is 0.477 e. The minimum absolute atomic E-state index is 0.162. The fraction of sp³-hybridized carbons (Fsp3) is 0.333. The molecule has 1 heterocycles. The summed E-state index contributed by atoms with van der Waals surface area (Å²) in [5, 5.41) is 9.42. The molecular formula is C6H7BNO2S. The van der Waals surface area contributed by atoms with Gasteiger partial charge in [-0.15, -0.1) is 11.3 Å². The maximum absolute atomic E-state index is 10.5. The van der Waals surface area contributed by atoms with E-state index < -0.39 is 5.97 Å². The van der Waals surface area contributed by atoms with E-state index in [1.165, 1.54) is 11.3 Å². The molecule has 0 spiro atoms. The zero-order valence-electron chi connectivity index (χ0n) is 6.29. The highest BCUT2D eigenvalue weighted by Gasteiger charge is 2.13. The molecule has 57 valence electrons. The number of carboxylic acids is 1. The van der Waals surface area contributed by atoms with Crippen LogP contribution in [0, 0.1) is 6.92 Å². The SMILES string of the molecule is C[B]c1sc(C)nc1C(=O)O. The number of nitrogens with zero attached hydrogens (tertiary/aromatic N) is 1. The van der Waals surface area contributed by atoms with Gasteiger partial charge in [-0.05, 0) is 11.7 Å². The van der Waals surface area contributed by atoms with Crippen molar-refractivity contribution in [2.24, 2.45) is 0 Å². The highest BCUT2D eigenvalue weighted by Crippen LogP contribution is 2.04. The average molecular weight is 168 g/mol. The average Bonchev–Trinajstić information content (AvgIpc) is 2.30. The van der Waals surface area contributed by atoms with Gasteiger partial charge in [0.25, 0.3) is 0 Å². The highest BCUT2D eigenvalue weighted by atomic mass is 32.1. The van der Waals surface area contributed by atoms with E-state index in [2.05, 4.69) is 4.98 Å². The molecule has 0 saturated heterocycles. The van der Waals surface area contributed by atoms with Gasteiger partial charge in [-0.1, -0.05) is 6.82 Å². The van der Waals surface area contributed by atoms with Gasteiger partial charge in [0, 0.05) is 0 Å². The maximum Gasteiger partial charge on any atom is 0.354 e. The third-order valence-corrected chi connectivity index (χ3v) is 2.26. The van der Waals surface area contributed by atoms with Crippen LogP contribution in [0.3, 0.4) is 0 Å². The second kappa shape index (κ2) is 3.05. The van der Waals surface area contributed by atoms with Crippen LogP contribution < -0.4 is 4.78 Å². The molecule has 3 nitrogen and oxygen atoms in total. The number of thiazole rings is 1. The molecule has 0 unspecified atom stereocenters. The molecule has 1 rings (SSSR count). The van der Waals surface area contributed by atoms with Gasteiger partial charge in [0.15, 0.2) is 13.0 Å². The first-order valence-corrected chi connectivity index (χ1v) is 3.97. The van der Waals surface area contributed by atoms with Crippen LogP contribution in [0.15, 0.2) is 0 Å². The van der Waals surface area contributed by atoms with Crippen LogP contribution in [-0.4, -0.2) is 23.3 Å². The van der Waals surface area contributed by atoms with E-state index >= 15 is 0 Å². The number of aromatic nitrogens is 1. The van der Waals surface area contributed by atoms with Crippen molar-refractivity contribution >= 4 is 29.4 Å². The Balaban J connectivity index is 3.12. The van der Waals surface area contributed by atoms with Crippen LogP contribution >= 0.6 is 11.3 Å². The first-order chi connectivity index (χ1) is 5.15. The Bertz CT molecular complexity index is 284. The van der Waals surface area contributed by atoms with Crippen molar-refractivity contribution in [3.8, 4) is 0 Å². The van der Waals surface area contributed by atoms with Gasteiger partial charge in [-0.2, -0.15) is 0 Å². The predicted molar refractivity (Wildman–Crippen MR) is 45.1 cm³/mol. The molecule has 1 radical (unpaired) electrons. The second-order valence-electron chi connectivity index (χ2n) is 2.04. The fourth-order valence-corrected chi connectivity index (χ4v) is 1.59. The Morgan fingerprint density at radius 2 is 2.36 bits per heavy atom. The summed E-state index contributed by atoms with van der Waals surface area (Å²) in [6.45, 7) is 3.60. The summed E-state index contributed by atoms with van der Waals surface area (Å²) < 4.78 is 0.731. The molecule has 11 heavy (non-hydrogen) atoms. The molecule has 0 aromatic carbocycles. The number of carboxylic acid groups (broad SMARTS) is 1. The monoisotopic (exact) mass is 168 g/mol. The van der Waals surface area contributed by atoms with E-state index in [1.54, 1.807) is 21.0 Å². The quantitative estimate of drug-likeness (QED) is 0.655. The van der Waals surface area contributed by atoms with Gasteiger partial charge in [0.1, 0.15) is 0 Å². The molecule has 0 atom stereocenters. The fourth-order valence-electron chi connectivity index (χ4n) is 0.792. The van der Waals surface area contributed by atoms with Crippen molar-refractivity contribution < 1.29 is 9.90 Å². The van der Waals surface area contributed by atoms with Gasteiger partial charge in [-0.3, -0.25) is 0 Å². The summed E-state index contributed by atoms with van der Waals surface area (Å²) >= 11 is 1.40. The van der Waals surface area contributed by atoms with Crippen molar-refractivity contribution in [3.05, 3.63) is 10.7 Å². The van der Waals surface area contributed by atoms with Crippen molar-refractivity contribution in [1.29, 1.82) is 0 Å². The molecule has 1 N–H and O–H groups in total. The Morgan fingerprint density at radius 3 is 2.73 bits per heavy atom. The molecule has 0 saturated carbocycles. The first kappa shape index (κ1) is 8.26. The maximum atomic E-state index is 10.5. The first-order valence-electron chi connectivity index (χ1n) is 3.15. The number of aryl methyl sites for hydroxylation is 1. The number of rotatable bonds is 2. The Morgan fingerprint density at radius 1 is 1.73 bits per heavy atom.